The van der Waals surface area contributed by atoms with Crippen molar-refractivity contribution >= 4 is 27.5 Å². The van der Waals surface area contributed by atoms with Crippen LogP contribution in [-0.2, 0) is 31.6 Å². The van der Waals surface area contributed by atoms with Crippen LogP contribution >= 0.6 is 0 Å². The third kappa shape index (κ3) is 8.77. The van der Waals surface area contributed by atoms with E-state index in [0.29, 0.717) is 11.4 Å². The van der Waals surface area contributed by atoms with Crippen molar-refractivity contribution in [2.75, 3.05) is 24.2 Å². The number of amides is 2. The number of nitrogens with zero attached hydrogens (tertiary/aromatic N) is 2. The molecule has 0 saturated heterocycles. The van der Waals surface area contributed by atoms with Crippen molar-refractivity contribution in [1.29, 1.82) is 0 Å². The summed E-state index contributed by atoms with van der Waals surface area (Å²) in [6.45, 7) is 13.1. The summed E-state index contributed by atoms with van der Waals surface area (Å²) in [5.41, 5.74) is 1.62. The average Bonchev–Trinajstić information content (AvgIpc) is 2.78. The molecule has 0 aliphatic heterocycles. The molecule has 37 heavy (non-hydrogen) atoms. The Morgan fingerprint density at radius 2 is 1.49 bits per heavy atom. The highest BCUT2D eigenvalue weighted by Gasteiger charge is 2.31. The molecule has 0 saturated carbocycles. The summed E-state index contributed by atoms with van der Waals surface area (Å²) >= 11 is 0. The van der Waals surface area contributed by atoms with Crippen molar-refractivity contribution in [3.05, 3.63) is 59.7 Å². The quantitative estimate of drug-likeness (QED) is 0.526. The normalized spacial score (nSPS) is 13.0. The van der Waals surface area contributed by atoms with Gasteiger partial charge >= 0.3 is 0 Å². The molecule has 0 heterocycles. The van der Waals surface area contributed by atoms with Crippen molar-refractivity contribution in [3.63, 3.8) is 0 Å². The predicted octanol–water partition coefficient (Wildman–Crippen LogP) is 4.09. The molecule has 1 atom stereocenters. The average molecular weight is 532 g/mol. The minimum Gasteiger partial charge on any atom is -0.497 e. The number of nitrogens with one attached hydrogen (secondary N) is 1. The lowest BCUT2D eigenvalue weighted by atomic mass is 9.87. The molecule has 2 aromatic carbocycles. The van der Waals surface area contributed by atoms with E-state index >= 15 is 0 Å². The van der Waals surface area contributed by atoms with Gasteiger partial charge in [-0.2, -0.15) is 0 Å². The fourth-order valence-corrected chi connectivity index (χ4v) is 4.58. The number of anilines is 1. The van der Waals surface area contributed by atoms with Crippen molar-refractivity contribution in [2.45, 2.75) is 72.0 Å². The smallest absolute Gasteiger partial charge is 0.244 e. The van der Waals surface area contributed by atoms with E-state index < -0.39 is 34.1 Å². The fraction of sp³-hybridized carbons (Fsp3) is 0.500. The summed E-state index contributed by atoms with van der Waals surface area (Å²) in [5.74, 6) is -0.144. The Bertz CT molecular complexity index is 1180. The van der Waals surface area contributed by atoms with Crippen molar-refractivity contribution in [1.82, 2.24) is 10.2 Å². The fourth-order valence-electron chi connectivity index (χ4n) is 3.73. The molecular weight excluding hydrogens is 490 g/mol. The van der Waals surface area contributed by atoms with Crippen LogP contribution in [0.1, 0.15) is 59.6 Å². The number of carbonyl (C=O) groups is 2. The Morgan fingerprint density at radius 3 is 1.92 bits per heavy atom. The molecule has 9 heteroatoms. The van der Waals surface area contributed by atoms with Gasteiger partial charge in [-0.25, -0.2) is 8.42 Å². The van der Waals surface area contributed by atoms with Gasteiger partial charge in [-0.3, -0.25) is 13.9 Å². The predicted molar refractivity (Wildman–Crippen MR) is 148 cm³/mol. The molecule has 204 valence electrons. The number of benzene rings is 2. The molecule has 0 bridgehead atoms. The van der Waals surface area contributed by atoms with Gasteiger partial charge in [0, 0.05) is 12.1 Å². The molecule has 0 aromatic heterocycles. The zero-order valence-corrected chi connectivity index (χ0v) is 24.3. The highest BCUT2D eigenvalue weighted by atomic mass is 32.2. The number of sulfonamides is 1. The zero-order chi connectivity index (χ0) is 28.2. The summed E-state index contributed by atoms with van der Waals surface area (Å²) in [6, 6.07) is 13.5. The zero-order valence-electron chi connectivity index (χ0n) is 23.5. The Balaban J connectivity index is 2.41. The Morgan fingerprint density at radius 1 is 0.946 bits per heavy atom. The Hall–Kier alpha value is -3.07. The first-order valence-electron chi connectivity index (χ1n) is 12.2. The molecule has 2 rings (SSSR count). The van der Waals surface area contributed by atoms with Crippen molar-refractivity contribution in [2.24, 2.45) is 0 Å². The second kappa shape index (κ2) is 11.5. The highest BCUT2D eigenvalue weighted by molar-refractivity contribution is 7.92. The number of carbonyl (C=O) groups excluding carboxylic acids is 2. The van der Waals surface area contributed by atoms with Crippen LogP contribution in [0.15, 0.2) is 48.5 Å². The standard InChI is InChI=1S/C28H41N3O5S/c1-20(26(33)29-28(5,6)7)30(18-21-10-16-24(36-8)17-11-21)25(32)19-31(37(9,34)35)23-14-12-22(13-15-23)27(2,3)4/h10-17,20H,18-19H2,1-9H3,(H,29,33)/t20-/m1/s1. The van der Waals surface area contributed by atoms with Crippen LogP contribution < -0.4 is 14.4 Å². The van der Waals surface area contributed by atoms with Gasteiger partial charge in [-0.1, -0.05) is 45.0 Å². The maximum Gasteiger partial charge on any atom is 0.244 e. The molecule has 0 aliphatic rings. The van der Waals surface area contributed by atoms with Gasteiger partial charge in [0.1, 0.15) is 18.3 Å². The van der Waals surface area contributed by atoms with E-state index in [9.17, 15) is 18.0 Å². The molecule has 0 radical (unpaired) electrons. The van der Waals surface area contributed by atoms with Gasteiger partial charge in [0.15, 0.2) is 0 Å². The Labute approximate surface area is 222 Å². The highest BCUT2D eigenvalue weighted by Crippen LogP contribution is 2.26. The maximum atomic E-state index is 13.7. The van der Waals surface area contributed by atoms with Crippen LogP contribution in [0.2, 0.25) is 0 Å². The topological polar surface area (TPSA) is 96.0 Å². The maximum absolute atomic E-state index is 13.7. The first-order valence-corrected chi connectivity index (χ1v) is 14.1. The number of hydrogen-bond donors (Lipinski definition) is 1. The molecule has 0 spiro atoms. The SMILES string of the molecule is COc1ccc(CN(C(=O)CN(c2ccc(C(C)(C)C)cc2)S(C)(=O)=O)[C@H](C)C(=O)NC(C)(C)C)cc1. The van der Waals surface area contributed by atoms with Gasteiger partial charge in [0.25, 0.3) is 0 Å². The first kappa shape index (κ1) is 30.2. The second-order valence-electron chi connectivity index (χ2n) is 11.4. The van der Waals surface area contributed by atoms with Crippen LogP contribution in [-0.4, -0.2) is 56.6 Å². The molecule has 0 aliphatic carbocycles. The van der Waals surface area contributed by atoms with Crippen LogP contribution in [0.25, 0.3) is 0 Å². The lowest BCUT2D eigenvalue weighted by molar-refractivity contribution is -0.140. The number of ether oxygens (including phenoxy) is 1. The van der Waals surface area contributed by atoms with E-state index in [1.807, 2.05) is 45.0 Å². The molecule has 2 aromatic rings. The summed E-state index contributed by atoms with van der Waals surface area (Å²) < 4.78 is 31.8. The monoisotopic (exact) mass is 531 g/mol. The first-order chi connectivity index (χ1) is 16.9. The van der Waals surface area contributed by atoms with Crippen LogP contribution in [0.3, 0.4) is 0 Å². The lowest BCUT2D eigenvalue weighted by Gasteiger charge is -2.33. The van der Waals surface area contributed by atoms with Gasteiger partial charge in [-0.05, 0) is 68.5 Å². The van der Waals surface area contributed by atoms with Crippen LogP contribution in [0, 0.1) is 0 Å². The minimum absolute atomic E-state index is 0.102. The molecule has 1 N–H and O–H groups in total. The summed E-state index contributed by atoms with van der Waals surface area (Å²) in [7, 11) is -2.22. The largest absolute Gasteiger partial charge is 0.497 e. The molecule has 0 unspecified atom stereocenters. The van der Waals surface area contributed by atoms with Gasteiger partial charge in [0.05, 0.1) is 19.1 Å². The Kier molecular flexibility index (Phi) is 9.41. The third-order valence-corrected chi connectivity index (χ3v) is 7.02. The van der Waals surface area contributed by atoms with Crippen LogP contribution in [0.5, 0.6) is 5.75 Å². The molecule has 2 amide bonds. The van der Waals surface area contributed by atoms with Crippen molar-refractivity contribution in [3.8, 4) is 5.75 Å². The van der Waals surface area contributed by atoms with E-state index in [1.165, 1.54) is 4.90 Å². The molecule has 8 nitrogen and oxygen atoms in total. The third-order valence-electron chi connectivity index (χ3n) is 5.88. The van der Waals surface area contributed by atoms with Gasteiger partial charge < -0.3 is 15.0 Å². The van der Waals surface area contributed by atoms with E-state index in [2.05, 4.69) is 26.1 Å². The lowest BCUT2D eigenvalue weighted by Crippen LogP contribution is -2.54. The molecule has 0 fully saturated rings. The van der Waals surface area contributed by atoms with Gasteiger partial charge in [0.2, 0.25) is 21.8 Å². The number of methoxy groups -OCH3 is 1. The minimum atomic E-state index is -3.78. The number of rotatable bonds is 9. The number of hydrogen-bond acceptors (Lipinski definition) is 5. The van der Waals surface area contributed by atoms with Gasteiger partial charge in [-0.15, -0.1) is 0 Å². The van der Waals surface area contributed by atoms with Crippen LogP contribution in [0.4, 0.5) is 5.69 Å². The molecular formula is C28H41N3O5S. The van der Waals surface area contributed by atoms with E-state index in [0.717, 1.165) is 21.7 Å². The summed E-state index contributed by atoms with van der Waals surface area (Å²) in [6.07, 6.45) is 1.07. The summed E-state index contributed by atoms with van der Waals surface area (Å²) in [5, 5.41) is 2.91. The van der Waals surface area contributed by atoms with E-state index in [1.54, 1.807) is 38.3 Å². The summed E-state index contributed by atoms with van der Waals surface area (Å²) in [4.78, 5) is 28.1. The van der Waals surface area contributed by atoms with E-state index in [-0.39, 0.29) is 17.9 Å². The second-order valence-corrected chi connectivity index (χ2v) is 13.3. The van der Waals surface area contributed by atoms with E-state index in [4.69, 9.17) is 4.74 Å². The van der Waals surface area contributed by atoms with Crippen molar-refractivity contribution < 1.29 is 22.7 Å².